The van der Waals surface area contributed by atoms with Gasteiger partial charge >= 0.3 is 0 Å². The van der Waals surface area contributed by atoms with Gasteiger partial charge in [-0.3, -0.25) is 4.79 Å². The Hall–Kier alpha value is -1.19. The van der Waals surface area contributed by atoms with E-state index in [2.05, 4.69) is 5.32 Å². The normalized spacial score (nSPS) is 11.1. The quantitative estimate of drug-likeness (QED) is 0.456. The Morgan fingerprint density at radius 3 is 2.70 bits per heavy atom. The van der Waals surface area contributed by atoms with Crippen molar-refractivity contribution in [3.05, 3.63) is 11.9 Å². The third-order valence-electron chi connectivity index (χ3n) is 0.977. The summed E-state index contributed by atoms with van der Waals surface area (Å²) in [5.41, 5.74) is 10.2. The van der Waals surface area contributed by atoms with Gasteiger partial charge in [0.25, 0.3) is 5.91 Å². The summed E-state index contributed by atoms with van der Waals surface area (Å²) >= 11 is 0. The van der Waals surface area contributed by atoms with E-state index in [1.165, 1.54) is 0 Å². The minimum absolute atomic E-state index is 0.0634. The van der Waals surface area contributed by atoms with Gasteiger partial charge < -0.3 is 16.8 Å². The van der Waals surface area contributed by atoms with Gasteiger partial charge in [-0.1, -0.05) is 6.92 Å². The molecule has 0 fully saturated rings. The molecule has 0 spiro atoms. The minimum atomic E-state index is -0.302. The van der Waals surface area contributed by atoms with E-state index in [9.17, 15) is 4.79 Å². The third-order valence-corrected chi connectivity index (χ3v) is 0.977. The average Bonchev–Trinajstić information content (AvgIpc) is 1.98. The van der Waals surface area contributed by atoms with E-state index in [4.69, 9.17) is 11.5 Å². The molecule has 0 heterocycles. The molecule has 0 saturated heterocycles. The van der Waals surface area contributed by atoms with Crippen LogP contribution in [0.2, 0.25) is 0 Å². The van der Waals surface area contributed by atoms with Crippen molar-refractivity contribution in [3.63, 3.8) is 0 Å². The molecule has 0 aliphatic heterocycles. The third kappa shape index (κ3) is 2.96. The summed E-state index contributed by atoms with van der Waals surface area (Å²) in [6, 6.07) is 0. The van der Waals surface area contributed by atoms with Crippen LogP contribution in [0.3, 0.4) is 0 Å². The van der Waals surface area contributed by atoms with E-state index in [0.29, 0.717) is 6.54 Å². The molecule has 0 radical (unpaired) electrons. The second-order valence-electron chi connectivity index (χ2n) is 1.88. The number of carbonyl (C=O) groups is 1. The van der Waals surface area contributed by atoms with Crippen molar-refractivity contribution in [2.45, 2.75) is 13.3 Å². The summed E-state index contributed by atoms with van der Waals surface area (Å²) in [6.07, 6.45) is 1.98. The zero-order valence-electron chi connectivity index (χ0n) is 6.05. The summed E-state index contributed by atoms with van der Waals surface area (Å²) in [4.78, 5) is 10.7. The first-order valence-corrected chi connectivity index (χ1v) is 3.18. The SMILES string of the molecule is CCCNC(=O)C(N)=CN. The highest BCUT2D eigenvalue weighted by molar-refractivity contribution is 5.92. The number of rotatable bonds is 3. The van der Waals surface area contributed by atoms with Crippen LogP contribution in [0, 0.1) is 0 Å². The van der Waals surface area contributed by atoms with Crippen LogP contribution in [-0.2, 0) is 4.79 Å². The first kappa shape index (κ1) is 8.81. The van der Waals surface area contributed by atoms with Crippen molar-refractivity contribution >= 4 is 5.91 Å². The van der Waals surface area contributed by atoms with Gasteiger partial charge in [-0.15, -0.1) is 0 Å². The van der Waals surface area contributed by atoms with Crippen LogP contribution in [0.5, 0.6) is 0 Å². The fourth-order valence-corrected chi connectivity index (χ4v) is 0.416. The summed E-state index contributed by atoms with van der Waals surface area (Å²) in [6.45, 7) is 2.59. The Morgan fingerprint density at radius 2 is 2.30 bits per heavy atom. The Labute approximate surface area is 60.3 Å². The highest BCUT2D eigenvalue weighted by atomic mass is 16.1. The second-order valence-corrected chi connectivity index (χ2v) is 1.88. The molecule has 4 heteroatoms. The molecular weight excluding hydrogens is 130 g/mol. The van der Waals surface area contributed by atoms with Gasteiger partial charge in [-0.2, -0.15) is 0 Å². The molecule has 5 N–H and O–H groups in total. The largest absolute Gasteiger partial charge is 0.403 e. The van der Waals surface area contributed by atoms with E-state index < -0.39 is 0 Å². The Morgan fingerprint density at radius 1 is 1.70 bits per heavy atom. The molecule has 4 nitrogen and oxygen atoms in total. The van der Waals surface area contributed by atoms with Crippen LogP contribution >= 0.6 is 0 Å². The minimum Gasteiger partial charge on any atom is -0.403 e. The lowest BCUT2D eigenvalue weighted by atomic mass is 10.4. The topological polar surface area (TPSA) is 81.1 Å². The summed E-state index contributed by atoms with van der Waals surface area (Å²) in [5, 5.41) is 2.57. The first-order valence-electron chi connectivity index (χ1n) is 3.18. The fourth-order valence-electron chi connectivity index (χ4n) is 0.416. The molecule has 0 unspecified atom stereocenters. The molecule has 0 bridgehead atoms. The lowest BCUT2D eigenvalue weighted by Gasteiger charge is -2.00. The molecule has 0 saturated carbocycles. The predicted octanol–water partition coefficient (Wildman–Crippen LogP) is -0.729. The van der Waals surface area contributed by atoms with Crippen molar-refractivity contribution in [1.82, 2.24) is 5.32 Å². The fraction of sp³-hybridized carbons (Fsp3) is 0.500. The molecule has 0 aromatic heterocycles. The van der Waals surface area contributed by atoms with Gasteiger partial charge in [-0.05, 0) is 6.42 Å². The molecule has 0 atom stereocenters. The van der Waals surface area contributed by atoms with Gasteiger partial charge in [0.1, 0.15) is 5.70 Å². The highest BCUT2D eigenvalue weighted by Gasteiger charge is 2.00. The number of hydrogen-bond acceptors (Lipinski definition) is 3. The van der Waals surface area contributed by atoms with Gasteiger partial charge in [0.2, 0.25) is 0 Å². The Bertz CT molecular complexity index is 142. The summed E-state index contributed by atoms with van der Waals surface area (Å²) < 4.78 is 0. The van der Waals surface area contributed by atoms with Gasteiger partial charge in [0, 0.05) is 12.7 Å². The monoisotopic (exact) mass is 143 g/mol. The average molecular weight is 143 g/mol. The summed E-state index contributed by atoms with van der Waals surface area (Å²) in [7, 11) is 0. The van der Waals surface area contributed by atoms with Crippen molar-refractivity contribution in [1.29, 1.82) is 0 Å². The van der Waals surface area contributed by atoms with Gasteiger partial charge in [0.05, 0.1) is 0 Å². The number of carbonyl (C=O) groups excluding carboxylic acids is 1. The van der Waals surface area contributed by atoms with Crippen molar-refractivity contribution in [2.24, 2.45) is 11.5 Å². The van der Waals surface area contributed by atoms with Crippen LogP contribution in [0.4, 0.5) is 0 Å². The van der Waals surface area contributed by atoms with E-state index in [0.717, 1.165) is 12.6 Å². The molecule has 0 aromatic carbocycles. The smallest absolute Gasteiger partial charge is 0.268 e. The second kappa shape index (κ2) is 4.67. The number of hydrogen-bond donors (Lipinski definition) is 3. The van der Waals surface area contributed by atoms with Crippen LogP contribution in [0.25, 0.3) is 0 Å². The standard InChI is InChI=1S/C6H13N3O/c1-2-3-9-6(10)5(8)4-7/h4H,2-3,7-8H2,1H3,(H,9,10). The Balaban J connectivity index is 3.63. The highest BCUT2D eigenvalue weighted by Crippen LogP contribution is 1.79. The number of amides is 1. The van der Waals surface area contributed by atoms with Crippen LogP contribution in [0.1, 0.15) is 13.3 Å². The van der Waals surface area contributed by atoms with E-state index >= 15 is 0 Å². The van der Waals surface area contributed by atoms with E-state index in [1.54, 1.807) is 0 Å². The van der Waals surface area contributed by atoms with Gasteiger partial charge in [-0.25, -0.2) is 0 Å². The molecular formula is C6H13N3O. The first-order chi connectivity index (χ1) is 4.72. The lowest BCUT2D eigenvalue weighted by molar-refractivity contribution is -0.117. The number of nitrogens with two attached hydrogens (primary N) is 2. The zero-order valence-corrected chi connectivity index (χ0v) is 6.05. The molecule has 0 aliphatic carbocycles. The molecule has 0 rings (SSSR count). The molecule has 0 aromatic rings. The lowest BCUT2D eigenvalue weighted by Crippen LogP contribution is -2.29. The van der Waals surface area contributed by atoms with E-state index in [-0.39, 0.29) is 11.6 Å². The maximum absolute atomic E-state index is 10.7. The van der Waals surface area contributed by atoms with Crippen LogP contribution < -0.4 is 16.8 Å². The predicted molar refractivity (Wildman–Crippen MR) is 39.8 cm³/mol. The maximum atomic E-state index is 10.7. The van der Waals surface area contributed by atoms with Crippen molar-refractivity contribution in [2.75, 3.05) is 6.54 Å². The van der Waals surface area contributed by atoms with Gasteiger partial charge in [0.15, 0.2) is 0 Å². The maximum Gasteiger partial charge on any atom is 0.268 e. The van der Waals surface area contributed by atoms with Crippen molar-refractivity contribution in [3.8, 4) is 0 Å². The van der Waals surface area contributed by atoms with Crippen molar-refractivity contribution < 1.29 is 4.79 Å². The molecule has 0 aliphatic rings. The van der Waals surface area contributed by atoms with Crippen LogP contribution in [0.15, 0.2) is 11.9 Å². The number of nitrogens with one attached hydrogen (secondary N) is 1. The Kier molecular flexibility index (Phi) is 4.11. The molecule has 1 amide bonds. The molecule has 10 heavy (non-hydrogen) atoms. The molecule has 58 valence electrons. The summed E-state index contributed by atoms with van der Waals surface area (Å²) in [5.74, 6) is -0.302. The van der Waals surface area contributed by atoms with E-state index in [1.807, 2.05) is 6.92 Å². The zero-order chi connectivity index (χ0) is 7.98. The van der Waals surface area contributed by atoms with Crippen LogP contribution in [-0.4, -0.2) is 12.5 Å².